The zero-order valence-corrected chi connectivity index (χ0v) is 17.0. The molecule has 150 valence electrons. The van der Waals surface area contributed by atoms with E-state index in [1.807, 2.05) is 14.1 Å². The minimum Gasteiger partial charge on any atom is -0.379 e. The molecule has 0 radical (unpaired) electrons. The van der Waals surface area contributed by atoms with Crippen LogP contribution in [0.15, 0.2) is 4.99 Å². The number of morpholine rings is 1. The molecule has 2 rings (SSSR count). The lowest BCUT2D eigenvalue weighted by atomic mass is 9.85. The first kappa shape index (κ1) is 21.0. The zero-order chi connectivity index (χ0) is 19.0. The molecular weight excluding hydrogens is 330 g/mol. The maximum atomic E-state index is 12.7. The van der Waals surface area contributed by atoms with E-state index in [1.165, 1.54) is 0 Å². The second kappa shape index (κ2) is 10.1. The Hall–Kier alpha value is -1.34. The van der Waals surface area contributed by atoms with Gasteiger partial charge >= 0.3 is 0 Å². The summed E-state index contributed by atoms with van der Waals surface area (Å²) in [5.74, 6) is 1.03. The number of aliphatic imine (C=N–C) groups is 1. The lowest BCUT2D eigenvalue weighted by molar-refractivity contribution is -0.138. The van der Waals surface area contributed by atoms with E-state index in [1.54, 1.807) is 4.90 Å². The van der Waals surface area contributed by atoms with Crippen molar-refractivity contribution < 1.29 is 9.53 Å². The van der Waals surface area contributed by atoms with Crippen molar-refractivity contribution >= 4 is 11.9 Å². The maximum absolute atomic E-state index is 12.7. The second-order valence-corrected chi connectivity index (χ2v) is 7.76. The van der Waals surface area contributed by atoms with Crippen LogP contribution < -0.4 is 10.6 Å². The molecule has 0 aromatic carbocycles. The third-order valence-corrected chi connectivity index (χ3v) is 5.54. The summed E-state index contributed by atoms with van der Waals surface area (Å²) < 4.78 is 5.43. The van der Waals surface area contributed by atoms with Crippen LogP contribution in [0.25, 0.3) is 0 Å². The van der Waals surface area contributed by atoms with Gasteiger partial charge in [0, 0.05) is 46.3 Å². The Morgan fingerprint density at radius 3 is 2.46 bits per heavy atom. The molecule has 2 fully saturated rings. The quantitative estimate of drug-likeness (QED) is 0.517. The Labute approximate surface area is 158 Å². The van der Waals surface area contributed by atoms with E-state index in [4.69, 9.17) is 9.73 Å². The fourth-order valence-electron chi connectivity index (χ4n) is 3.93. The molecule has 7 heteroatoms. The predicted molar refractivity (Wildman–Crippen MR) is 105 cm³/mol. The lowest BCUT2D eigenvalue weighted by Gasteiger charge is -2.33. The highest BCUT2D eigenvalue weighted by Crippen LogP contribution is 2.39. The van der Waals surface area contributed by atoms with Gasteiger partial charge in [-0.15, -0.1) is 0 Å². The summed E-state index contributed by atoms with van der Waals surface area (Å²) in [4.78, 5) is 21.7. The van der Waals surface area contributed by atoms with E-state index in [9.17, 15) is 4.79 Å². The highest BCUT2D eigenvalue weighted by atomic mass is 16.5. The molecule has 1 saturated heterocycles. The van der Waals surface area contributed by atoms with Gasteiger partial charge in [-0.3, -0.25) is 14.7 Å². The van der Waals surface area contributed by atoms with Crippen molar-refractivity contribution in [3.05, 3.63) is 0 Å². The van der Waals surface area contributed by atoms with Crippen molar-refractivity contribution in [3.8, 4) is 0 Å². The summed E-state index contributed by atoms with van der Waals surface area (Å²) in [6, 6.07) is 0.423. The first-order valence-electron chi connectivity index (χ1n) is 10.0. The zero-order valence-electron chi connectivity index (χ0n) is 17.0. The first-order chi connectivity index (χ1) is 12.5. The number of guanidine groups is 1. The van der Waals surface area contributed by atoms with Gasteiger partial charge in [0.15, 0.2) is 5.96 Å². The molecule has 1 aliphatic heterocycles. The van der Waals surface area contributed by atoms with Crippen LogP contribution in [0.5, 0.6) is 0 Å². The topological polar surface area (TPSA) is 69.2 Å². The monoisotopic (exact) mass is 367 g/mol. The van der Waals surface area contributed by atoms with Crippen LogP contribution in [0.1, 0.15) is 39.5 Å². The summed E-state index contributed by atoms with van der Waals surface area (Å²) in [5.41, 5.74) is -0.318. The van der Waals surface area contributed by atoms with E-state index in [-0.39, 0.29) is 11.3 Å². The van der Waals surface area contributed by atoms with Gasteiger partial charge in [0.2, 0.25) is 5.91 Å². The summed E-state index contributed by atoms with van der Waals surface area (Å²) in [6.07, 6.45) is 4.12. The highest BCUT2D eigenvalue weighted by Gasteiger charge is 2.42. The molecule has 26 heavy (non-hydrogen) atoms. The van der Waals surface area contributed by atoms with Crippen molar-refractivity contribution in [1.82, 2.24) is 20.4 Å². The van der Waals surface area contributed by atoms with Crippen LogP contribution in [0.3, 0.4) is 0 Å². The number of nitrogens with one attached hydrogen (secondary N) is 2. The Bertz CT molecular complexity index is 469. The van der Waals surface area contributed by atoms with E-state index in [0.717, 1.165) is 71.0 Å². The van der Waals surface area contributed by atoms with Crippen molar-refractivity contribution in [2.45, 2.75) is 45.6 Å². The van der Waals surface area contributed by atoms with Gasteiger partial charge in [-0.2, -0.15) is 0 Å². The smallest absolute Gasteiger partial charge is 0.230 e. The number of ether oxygens (including phenoxy) is 1. The SMILES string of the molecule is CCNC(=NCC1(C(=O)N(C)C)CCCC1)NCC(C)N1CCOCC1. The molecule has 7 nitrogen and oxygen atoms in total. The van der Waals surface area contributed by atoms with E-state index in [0.29, 0.717) is 12.6 Å². The van der Waals surface area contributed by atoms with Crippen LogP contribution in [-0.4, -0.2) is 87.7 Å². The minimum atomic E-state index is -0.318. The number of rotatable bonds is 7. The molecule has 0 aromatic heterocycles. The number of carbonyl (C=O) groups is 1. The average Bonchev–Trinajstić information content (AvgIpc) is 3.13. The van der Waals surface area contributed by atoms with Gasteiger partial charge in [0.05, 0.1) is 25.2 Å². The van der Waals surface area contributed by atoms with Crippen molar-refractivity contribution in [1.29, 1.82) is 0 Å². The number of carbonyl (C=O) groups excluding carboxylic acids is 1. The molecule has 2 aliphatic rings. The highest BCUT2D eigenvalue weighted by molar-refractivity contribution is 5.84. The number of hydrogen-bond acceptors (Lipinski definition) is 4. The maximum Gasteiger partial charge on any atom is 0.230 e. The van der Waals surface area contributed by atoms with Gasteiger partial charge in [-0.25, -0.2) is 0 Å². The fraction of sp³-hybridized carbons (Fsp3) is 0.895. The lowest BCUT2D eigenvalue weighted by Crippen LogP contribution is -2.49. The van der Waals surface area contributed by atoms with E-state index < -0.39 is 0 Å². The number of amides is 1. The molecule has 1 saturated carbocycles. The Morgan fingerprint density at radius 2 is 1.88 bits per heavy atom. The molecule has 1 atom stereocenters. The van der Waals surface area contributed by atoms with Gasteiger partial charge in [0.1, 0.15) is 0 Å². The normalized spacial score (nSPS) is 22.1. The van der Waals surface area contributed by atoms with Gasteiger partial charge in [0.25, 0.3) is 0 Å². The van der Waals surface area contributed by atoms with Crippen LogP contribution >= 0.6 is 0 Å². The van der Waals surface area contributed by atoms with Gasteiger partial charge < -0.3 is 20.3 Å². The van der Waals surface area contributed by atoms with E-state index >= 15 is 0 Å². The summed E-state index contributed by atoms with van der Waals surface area (Å²) in [7, 11) is 3.69. The standard InChI is InChI=1S/C19H37N5O2/c1-5-20-18(21-14-16(2)24-10-12-26-13-11-24)22-15-19(8-6-7-9-19)17(25)23(3)4/h16H,5-15H2,1-4H3,(H2,20,21,22). The molecule has 0 aromatic rings. The molecule has 1 unspecified atom stereocenters. The largest absolute Gasteiger partial charge is 0.379 e. The predicted octanol–water partition coefficient (Wildman–Crippen LogP) is 0.911. The average molecular weight is 368 g/mol. The molecule has 0 spiro atoms. The summed E-state index contributed by atoms with van der Waals surface area (Å²) in [5, 5.41) is 6.78. The Balaban J connectivity index is 1.95. The first-order valence-corrected chi connectivity index (χ1v) is 10.0. The third kappa shape index (κ3) is 5.58. The number of hydrogen-bond donors (Lipinski definition) is 2. The van der Waals surface area contributed by atoms with Crippen molar-refractivity contribution in [3.63, 3.8) is 0 Å². The molecule has 1 amide bonds. The summed E-state index contributed by atoms with van der Waals surface area (Å²) >= 11 is 0. The Kier molecular flexibility index (Phi) is 8.15. The third-order valence-electron chi connectivity index (χ3n) is 5.54. The minimum absolute atomic E-state index is 0.219. The fourth-order valence-corrected chi connectivity index (χ4v) is 3.93. The van der Waals surface area contributed by atoms with Gasteiger partial charge in [-0.05, 0) is 26.7 Å². The van der Waals surface area contributed by atoms with Gasteiger partial charge in [-0.1, -0.05) is 12.8 Å². The molecular formula is C19H37N5O2. The molecule has 1 aliphatic carbocycles. The van der Waals surface area contributed by atoms with Crippen molar-refractivity contribution in [2.24, 2.45) is 10.4 Å². The van der Waals surface area contributed by atoms with Crippen LogP contribution in [0.4, 0.5) is 0 Å². The van der Waals surface area contributed by atoms with Crippen molar-refractivity contribution in [2.75, 3.05) is 60.0 Å². The second-order valence-electron chi connectivity index (χ2n) is 7.76. The van der Waals surface area contributed by atoms with Crippen LogP contribution in [0.2, 0.25) is 0 Å². The summed E-state index contributed by atoms with van der Waals surface area (Å²) in [6.45, 7) is 10.1. The van der Waals surface area contributed by atoms with Crippen LogP contribution in [0, 0.1) is 5.41 Å². The number of nitrogens with zero attached hydrogens (tertiary/aromatic N) is 3. The molecule has 2 N–H and O–H groups in total. The molecule has 1 heterocycles. The Morgan fingerprint density at radius 1 is 1.23 bits per heavy atom. The van der Waals surface area contributed by atoms with Crippen LogP contribution in [-0.2, 0) is 9.53 Å². The van der Waals surface area contributed by atoms with E-state index in [2.05, 4.69) is 29.4 Å². The molecule has 0 bridgehead atoms.